The van der Waals surface area contributed by atoms with E-state index in [1.807, 2.05) is 127 Å². The number of nitrogens with zero attached hydrogens (tertiary/aromatic N) is 8. The van der Waals surface area contributed by atoms with E-state index in [-0.39, 0.29) is 50.7 Å². The van der Waals surface area contributed by atoms with Crippen molar-refractivity contribution < 1.29 is 0 Å². The van der Waals surface area contributed by atoms with Gasteiger partial charge in [0.15, 0.2) is 11.7 Å². The van der Waals surface area contributed by atoms with Crippen LogP contribution in [0, 0.1) is 13.8 Å². The Labute approximate surface area is 718 Å². The summed E-state index contributed by atoms with van der Waals surface area (Å²) >= 11 is 0. The zero-order chi connectivity index (χ0) is 88.6. The summed E-state index contributed by atoms with van der Waals surface area (Å²) in [5, 5.41) is 0. The molecule has 0 amide bonds. The zero-order valence-corrected chi connectivity index (χ0v) is 80.5. The number of aliphatic imine (C=N–C) groups is 6. The maximum absolute atomic E-state index is 4.46. The van der Waals surface area contributed by atoms with E-state index in [0.717, 1.165) is 73.1 Å². The van der Waals surface area contributed by atoms with E-state index < -0.39 is 0 Å². The SMILES string of the molecule is C.CC.CC.CC.CC.CC.CC.CC(C)(C)c1ccc(C2=NCC=N2)cc1.CC(C)(C)c1ccc(C2=NCC=N2)cc1.CC(C)(C)c1ccc2c(c1)C=CC2.CC(C)(C)c1ccc2c(c1)C=NC2.CC(C)(C)c1ccc2c(c1)N=CC2.CC(C)(C)c1cnc2c(c1)C=CC2.Cc1ccc(C(C)(C)C)cc1.Cc1ccc(C(C)(C)C)cn1. The van der Waals surface area contributed by atoms with Gasteiger partial charge in [0, 0.05) is 66.9 Å². The molecule has 640 valence electrons. The molecule has 0 unspecified atom stereocenters. The van der Waals surface area contributed by atoms with Crippen molar-refractivity contribution in [1.82, 2.24) is 9.97 Å². The number of hydrogen-bond donors (Lipinski definition) is 0. The molecule has 2 aromatic heterocycles. The lowest BCUT2D eigenvalue weighted by Crippen LogP contribution is -2.12. The Morgan fingerprint density at radius 3 is 1.04 bits per heavy atom. The van der Waals surface area contributed by atoms with Gasteiger partial charge in [-0.15, -0.1) is 0 Å². The zero-order valence-electron chi connectivity index (χ0n) is 80.5. The molecule has 8 aromatic rings. The van der Waals surface area contributed by atoms with Crippen molar-refractivity contribution in [2.24, 2.45) is 30.0 Å². The Hall–Kier alpha value is -8.88. The van der Waals surface area contributed by atoms with Crippen LogP contribution in [0.3, 0.4) is 0 Å². The molecule has 8 nitrogen and oxygen atoms in total. The second-order valence-corrected chi connectivity index (χ2v) is 36.3. The Bertz CT molecular complexity index is 3960. The van der Waals surface area contributed by atoms with Crippen molar-refractivity contribution in [3.63, 3.8) is 0 Å². The van der Waals surface area contributed by atoms with Crippen molar-refractivity contribution in [3.05, 3.63) is 276 Å². The first-order chi connectivity index (χ1) is 54.4. The summed E-state index contributed by atoms with van der Waals surface area (Å²) in [5.41, 5.74) is 27.9. The standard InChI is InChI=1S/2C13H16N2.C13H16.3C12H15N.C11H16.C10H15N.6C2H6.CH4/c2*1-13(2,3)11-6-4-10(5-7-11)12-14-8-9-15-12;1-13(2,3)12-8-7-10-5-4-6-11(10)9-12;1-12(2,3)11-5-4-9-7-13-8-10(9)6-11;1-12(2,3)10-5-4-9-6-7-13-11(9)8-10;1-12(2,3)10-7-9-5-4-6-11(9)13-8-10;1-9-5-7-10(8-6-9)11(2,3)4;1-8-5-6-9(7-11-8)10(2,3)4;6*1-2;/h2*4-8H,9H2,1-3H3;4,6-9H,5H2,1-3H3;4-6,8H,7H2,1-3H3;2*4-5,7-8H,6H2,1-3H3;5-8H,1-4H3;5-7H,1-4H3;6*1-2H3;1H4. The van der Waals surface area contributed by atoms with Gasteiger partial charge in [-0.05, 0) is 166 Å². The first-order valence-corrected chi connectivity index (χ1v) is 43.5. The third kappa shape index (κ3) is 37.7. The molecule has 0 spiro atoms. The van der Waals surface area contributed by atoms with Gasteiger partial charge in [-0.1, -0.05) is 408 Å². The quantitative estimate of drug-likeness (QED) is 0.172. The predicted octanol–water partition coefficient (Wildman–Crippen LogP) is 31.1. The Kier molecular flexibility index (Phi) is 47.5. The third-order valence-corrected chi connectivity index (χ3v) is 18.9. The van der Waals surface area contributed by atoms with Crippen LogP contribution in [-0.2, 0) is 69.1 Å². The van der Waals surface area contributed by atoms with E-state index in [0.29, 0.717) is 0 Å². The molecule has 0 atom stereocenters. The average Bonchev–Trinajstić information content (AvgIpc) is 1.13. The van der Waals surface area contributed by atoms with Crippen LogP contribution in [0.4, 0.5) is 5.69 Å². The molecule has 2 aliphatic carbocycles. The molecule has 0 saturated heterocycles. The van der Waals surface area contributed by atoms with Gasteiger partial charge in [0.05, 0.1) is 31.0 Å². The lowest BCUT2D eigenvalue weighted by Gasteiger charge is -2.19. The number of aromatic nitrogens is 2. The van der Waals surface area contributed by atoms with Gasteiger partial charge < -0.3 is 0 Å². The van der Waals surface area contributed by atoms with Gasteiger partial charge in [-0.2, -0.15) is 0 Å². The molecule has 0 bridgehead atoms. The normalized spacial score (nSPS) is 13.0. The number of fused-ring (bicyclic) bond motifs is 4. The number of rotatable bonds is 2. The second-order valence-electron chi connectivity index (χ2n) is 36.3. The van der Waals surface area contributed by atoms with Crippen LogP contribution in [0.2, 0.25) is 0 Å². The fourth-order valence-electron chi connectivity index (χ4n) is 11.5. The number of allylic oxidation sites excluding steroid dienone is 2. The van der Waals surface area contributed by atoms with Crippen molar-refractivity contribution in [1.29, 1.82) is 0 Å². The van der Waals surface area contributed by atoms with Gasteiger partial charge in [-0.3, -0.25) is 29.9 Å². The summed E-state index contributed by atoms with van der Waals surface area (Å²) in [4.78, 5) is 34.3. The van der Waals surface area contributed by atoms with E-state index in [4.69, 9.17) is 0 Å². The smallest absolute Gasteiger partial charge is 0.154 e. The Morgan fingerprint density at radius 1 is 0.291 bits per heavy atom. The maximum atomic E-state index is 4.46. The molecule has 4 aliphatic heterocycles. The van der Waals surface area contributed by atoms with Gasteiger partial charge in [-0.25, -0.2) is 9.98 Å². The third-order valence-electron chi connectivity index (χ3n) is 18.9. The highest BCUT2D eigenvalue weighted by molar-refractivity contribution is 6.07. The highest BCUT2D eigenvalue weighted by Crippen LogP contribution is 2.34. The summed E-state index contributed by atoms with van der Waals surface area (Å²) in [7, 11) is 0. The van der Waals surface area contributed by atoms with E-state index >= 15 is 0 Å². The minimum absolute atomic E-state index is 0. The van der Waals surface area contributed by atoms with E-state index in [1.54, 1.807) is 0 Å². The fourth-order valence-corrected chi connectivity index (χ4v) is 11.5. The van der Waals surface area contributed by atoms with Crippen molar-refractivity contribution in [2.45, 2.75) is 340 Å². The van der Waals surface area contributed by atoms with Crippen LogP contribution < -0.4 is 0 Å². The lowest BCUT2D eigenvalue weighted by atomic mass is 9.85. The topological polar surface area (TPSA) is 99.9 Å². The van der Waals surface area contributed by atoms with Gasteiger partial charge >= 0.3 is 0 Å². The first-order valence-electron chi connectivity index (χ1n) is 43.5. The average molecular weight is 1590 g/mol. The van der Waals surface area contributed by atoms with E-state index in [9.17, 15) is 0 Å². The number of pyridine rings is 2. The van der Waals surface area contributed by atoms with Crippen LogP contribution in [-0.4, -0.2) is 59.6 Å². The van der Waals surface area contributed by atoms with Gasteiger partial charge in [0.1, 0.15) is 0 Å². The molecular weight excluding hydrogens is 1420 g/mol. The molecule has 6 heterocycles. The monoisotopic (exact) mass is 1590 g/mol. The molecular formula is C109H164N8. The summed E-state index contributed by atoms with van der Waals surface area (Å²) in [6, 6.07) is 52.3. The van der Waals surface area contributed by atoms with Crippen molar-refractivity contribution in [3.8, 4) is 0 Å². The minimum Gasteiger partial charge on any atom is -0.288 e. The molecule has 14 rings (SSSR count). The summed E-state index contributed by atoms with van der Waals surface area (Å²) in [6.45, 7) is 83.8. The summed E-state index contributed by atoms with van der Waals surface area (Å²) in [5.74, 6) is 1.71. The largest absolute Gasteiger partial charge is 0.288 e. The van der Waals surface area contributed by atoms with Crippen LogP contribution in [0.25, 0.3) is 12.2 Å². The first kappa shape index (κ1) is 108. The predicted molar refractivity (Wildman–Crippen MR) is 529 cm³/mol. The highest BCUT2D eigenvalue weighted by Gasteiger charge is 2.22. The van der Waals surface area contributed by atoms with E-state index in [2.05, 4.69) is 383 Å². The van der Waals surface area contributed by atoms with Crippen molar-refractivity contribution >= 4 is 54.4 Å². The number of benzene rings is 6. The van der Waals surface area contributed by atoms with Gasteiger partial charge in [0.25, 0.3) is 0 Å². The number of hydrogen-bond acceptors (Lipinski definition) is 8. The number of amidine groups is 2. The molecule has 6 aliphatic rings. The molecule has 0 saturated carbocycles. The Morgan fingerprint density at radius 2 is 0.641 bits per heavy atom. The fraction of sp³-hybridized carbons (Fsp3) is 0.486. The van der Waals surface area contributed by atoms with E-state index in [1.165, 1.54) is 89.1 Å². The molecule has 117 heavy (non-hydrogen) atoms. The van der Waals surface area contributed by atoms with Crippen LogP contribution in [0.1, 0.15) is 363 Å². The summed E-state index contributed by atoms with van der Waals surface area (Å²) < 4.78 is 0. The number of aryl methyl sites for hydroxylation is 2. The molecule has 0 radical (unpaired) electrons. The minimum atomic E-state index is 0. The second kappa shape index (κ2) is 51.5. The Balaban J connectivity index is 0.00000129. The van der Waals surface area contributed by atoms with Crippen LogP contribution >= 0.6 is 0 Å². The van der Waals surface area contributed by atoms with Crippen LogP contribution in [0.15, 0.2) is 200 Å². The van der Waals surface area contributed by atoms with Crippen molar-refractivity contribution in [2.75, 3.05) is 13.1 Å². The van der Waals surface area contributed by atoms with Crippen LogP contribution in [0.5, 0.6) is 0 Å². The van der Waals surface area contributed by atoms with Gasteiger partial charge in [0.2, 0.25) is 0 Å². The lowest BCUT2D eigenvalue weighted by molar-refractivity contribution is 0.586. The molecule has 8 heteroatoms. The molecule has 0 N–H and O–H groups in total. The maximum Gasteiger partial charge on any atom is 0.154 e. The molecule has 6 aromatic carbocycles. The highest BCUT2D eigenvalue weighted by atomic mass is 15.0. The molecule has 0 fully saturated rings. The summed E-state index contributed by atoms with van der Waals surface area (Å²) in [6.07, 6.45) is 23.5.